The molecule has 1 fully saturated rings. The van der Waals surface area contributed by atoms with Crippen molar-refractivity contribution in [1.29, 1.82) is 0 Å². The fraction of sp³-hybridized carbons (Fsp3) is 0.273. The number of piperidine rings is 1. The van der Waals surface area contributed by atoms with E-state index in [1.165, 1.54) is 34.8 Å². The van der Waals surface area contributed by atoms with Gasteiger partial charge in [0.25, 0.3) is 5.91 Å². The molecule has 180 valence electrons. The van der Waals surface area contributed by atoms with Gasteiger partial charge in [-0.15, -0.1) is 0 Å². The predicted molar refractivity (Wildman–Crippen MR) is 125 cm³/mol. The van der Waals surface area contributed by atoms with Gasteiger partial charge in [0.2, 0.25) is 16.1 Å². The molecule has 1 aromatic heterocycles. The fourth-order valence-electron chi connectivity index (χ4n) is 3.55. The van der Waals surface area contributed by atoms with Crippen LogP contribution in [-0.2, 0) is 14.8 Å². The number of nitrogens with zero attached hydrogens (tertiary/aromatic N) is 2. The van der Waals surface area contributed by atoms with Gasteiger partial charge in [0.1, 0.15) is 10.2 Å². The Bertz CT molecular complexity index is 1300. The number of aromatic nitrogens is 1. The van der Waals surface area contributed by atoms with Gasteiger partial charge in [-0.1, -0.05) is 41.5 Å². The molecule has 1 saturated heterocycles. The maximum atomic E-state index is 14.3. The molecule has 1 aliphatic heterocycles. The lowest BCUT2D eigenvalue weighted by Gasteiger charge is -2.26. The SMILES string of the molecule is O=C(Nc1ncc(Cl)s1)C(Oc1ccc(F)cc1F)c1cccc(S(=O)(=O)N2CCCCC2)c1. The lowest BCUT2D eigenvalue weighted by atomic mass is 10.1. The van der Waals surface area contributed by atoms with E-state index in [4.69, 9.17) is 16.3 Å². The zero-order valence-corrected chi connectivity index (χ0v) is 20.1. The highest BCUT2D eigenvalue weighted by atomic mass is 35.5. The van der Waals surface area contributed by atoms with E-state index in [1.807, 2.05) is 0 Å². The van der Waals surface area contributed by atoms with E-state index in [9.17, 15) is 22.0 Å². The minimum absolute atomic E-state index is 0.00910. The summed E-state index contributed by atoms with van der Waals surface area (Å²) in [7, 11) is -3.79. The molecule has 1 aliphatic rings. The number of carbonyl (C=O) groups excluding carboxylic acids is 1. The molecule has 4 rings (SSSR count). The molecule has 2 heterocycles. The molecular formula is C22H20ClF2N3O4S2. The summed E-state index contributed by atoms with van der Waals surface area (Å²) in [5, 5.41) is 2.72. The van der Waals surface area contributed by atoms with Crippen LogP contribution >= 0.6 is 22.9 Å². The molecule has 0 radical (unpaired) electrons. The van der Waals surface area contributed by atoms with Gasteiger partial charge in [0.15, 0.2) is 16.7 Å². The van der Waals surface area contributed by atoms with E-state index in [-0.39, 0.29) is 21.3 Å². The molecule has 0 bridgehead atoms. The second kappa shape index (κ2) is 10.3. The maximum Gasteiger partial charge on any atom is 0.271 e. The molecule has 1 amide bonds. The Morgan fingerprint density at radius 3 is 2.59 bits per heavy atom. The molecule has 1 N–H and O–H groups in total. The number of hydrogen-bond acceptors (Lipinski definition) is 6. The number of halogens is 3. The van der Waals surface area contributed by atoms with Crippen molar-refractivity contribution in [3.8, 4) is 5.75 Å². The van der Waals surface area contributed by atoms with E-state index in [2.05, 4.69) is 10.3 Å². The van der Waals surface area contributed by atoms with Crippen molar-refractivity contribution < 1.29 is 26.7 Å². The van der Waals surface area contributed by atoms with Gasteiger partial charge in [-0.3, -0.25) is 10.1 Å². The Morgan fingerprint density at radius 1 is 1.15 bits per heavy atom. The van der Waals surface area contributed by atoms with E-state index < -0.39 is 33.7 Å². The Labute approximate surface area is 204 Å². The van der Waals surface area contributed by atoms with E-state index in [1.54, 1.807) is 0 Å². The largest absolute Gasteiger partial charge is 0.473 e. The highest BCUT2D eigenvalue weighted by Crippen LogP contribution is 2.30. The third kappa shape index (κ3) is 5.54. The summed E-state index contributed by atoms with van der Waals surface area (Å²) in [5.41, 5.74) is 0.168. The second-order valence-corrected chi connectivity index (χ2v) is 11.2. The topological polar surface area (TPSA) is 88.6 Å². The molecule has 1 atom stereocenters. The van der Waals surface area contributed by atoms with Crippen molar-refractivity contribution in [2.75, 3.05) is 18.4 Å². The average Bonchev–Trinajstić information content (AvgIpc) is 3.23. The molecule has 12 heteroatoms. The summed E-state index contributed by atoms with van der Waals surface area (Å²) in [4.78, 5) is 17.0. The number of ether oxygens (including phenoxy) is 1. The third-order valence-electron chi connectivity index (χ3n) is 5.20. The minimum Gasteiger partial charge on any atom is -0.473 e. The zero-order chi connectivity index (χ0) is 24.3. The van der Waals surface area contributed by atoms with Crippen LogP contribution in [0.15, 0.2) is 53.6 Å². The minimum atomic E-state index is -3.79. The number of hydrogen-bond donors (Lipinski definition) is 1. The first-order valence-corrected chi connectivity index (χ1v) is 13.0. The van der Waals surface area contributed by atoms with Crippen LogP contribution in [0.4, 0.5) is 13.9 Å². The van der Waals surface area contributed by atoms with Crippen LogP contribution in [0.25, 0.3) is 0 Å². The number of anilines is 1. The first-order chi connectivity index (χ1) is 16.2. The van der Waals surface area contributed by atoms with Gasteiger partial charge < -0.3 is 4.74 Å². The number of benzene rings is 2. The van der Waals surface area contributed by atoms with Crippen molar-refractivity contribution in [3.05, 3.63) is 70.2 Å². The van der Waals surface area contributed by atoms with Crippen LogP contribution < -0.4 is 10.1 Å². The Balaban J connectivity index is 1.69. The number of carbonyl (C=O) groups is 1. The van der Waals surface area contributed by atoms with Crippen molar-refractivity contribution >= 4 is 44.0 Å². The molecular weight excluding hydrogens is 508 g/mol. The first-order valence-electron chi connectivity index (χ1n) is 10.4. The summed E-state index contributed by atoms with van der Waals surface area (Å²) in [5.74, 6) is -2.92. The summed E-state index contributed by atoms with van der Waals surface area (Å²) in [6, 6.07) is 8.41. The normalized spacial score (nSPS) is 15.6. The molecule has 1 unspecified atom stereocenters. The standard InChI is InChI=1S/C22H20ClF2N3O4S2/c23-19-13-26-22(33-19)27-21(29)20(32-18-8-7-15(24)12-17(18)25)14-5-4-6-16(11-14)34(30,31)28-9-2-1-3-10-28/h4-8,11-13,20H,1-3,9-10H2,(H,26,27,29). The number of rotatable bonds is 7. The number of amides is 1. The Kier molecular flexibility index (Phi) is 7.46. The predicted octanol–water partition coefficient (Wildman–Crippen LogP) is 5.01. The third-order valence-corrected chi connectivity index (χ3v) is 8.12. The van der Waals surface area contributed by atoms with Crippen molar-refractivity contribution in [2.45, 2.75) is 30.3 Å². The van der Waals surface area contributed by atoms with Crippen LogP contribution in [0.2, 0.25) is 4.34 Å². The number of nitrogens with one attached hydrogen (secondary N) is 1. The quantitative estimate of drug-likeness (QED) is 0.466. The van der Waals surface area contributed by atoms with Crippen LogP contribution in [0.1, 0.15) is 30.9 Å². The van der Waals surface area contributed by atoms with Crippen LogP contribution in [0.5, 0.6) is 5.75 Å². The van der Waals surface area contributed by atoms with Gasteiger partial charge >= 0.3 is 0 Å². The highest BCUT2D eigenvalue weighted by Gasteiger charge is 2.30. The first kappa shape index (κ1) is 24.5. The molecule has 2 aromatic carbocycles. The molecule has 0 spiro atoms. The lowest BCUT2D eigenvalue weighted by Crippen LogP contribution is -2.35. The molecule has 7 nitrogen and oxygen atoms in total. The molecule has 0 saturated carbocycles. The Hall–Kier alpha value is -2.60. The second-order valence-electron chi connectivity index (χ2n) is 7.57. The van der Waals surface area contributed by atoms with Crippen LogP contribution in [0, 0.1) is 11.6 Å². The van der Waals surface area contributed by atoms with E-state index >= 15 is 0 Å². The molecule has 0 aliphatic carbocycles. The van der Waals surface area contributed by atoms with Gasteiger partial charge in [-0.25, -0.2) is 22.2 Å². The lowest BCUT2D eigenvalue weighted by molar-refractivity contribution is -0.123. The van der Waals surface area contributed by atoms with Crippen LogP contribution in [-0.4, -0.2) is 36.7 Å². The molecule has 34 heavy (non-hydrogen) atoms. The summed E-state index contributed by atoms with van der Waals surface area (Å²) in [6.45, 7) is 0.831. The van der Waals surface area contributed by atoms with Crippen molar-refractivity contribution in [2.24, 2.45) is 0 Å². The van der Waals surface area contributed by atoms with Gasteiger partial charge in [0.05, 0.1) is 11.1 Å². The van der Waals surface area contributed by atoms with Crippen molar-refractivity contribution in [1.82, 2.24) is 9.29 Å². The van der Waals surface area contributed by atoms with E-state index in [0.717, 1.165) is 42.7 Å². The van der Waals surface area contributed by atoms with Crippen LogP contribution in [0.3, 0.4) is 0 Å². The maximum absolute atomic E-state index is 14.3. The highest BCUT2D eigenvalue weighted by molar-refractivity contribution is 7.89. The van der Waals surface area contributed by atoms with Gasteiger partial charge in [-0.05, 0) is 37.1 Å². The monoisotopic (exact) mass is 527 g/mol. The zero-order valence-electron chi connectivity index (χ0n) is 17.7. The van der Waals surface area contributed by atoms with Gasteiger partial charge in [-0.2, -0.15) is 4.31 Å². The van der Waals surface area contributed by atoms with Crippen molar-refractivity contribution in [3.63, 3.8) is 0 Å². The number of thiazole rings is 1. The van der Waals surface area contributed by atoms with E-state index in [0.29, 0.717) is 23.5 Å². The summed E-state index contributed by atoms with van der Waals surface area (Å²) < 4.78 is 61.3. The summed E-state index contributed by atoms with van der Waals surface area (Å²) in [6.07, 6.45) is 2.40. The fourth-order valence-corrected chi connectivity index (χ4v) is 5.93. The molecule has 3 aromatic rings. The smallest absolute Gasteiger partial charge is 0.271 e. The van der Waals surface area contributed by atoms with Gasteiger partial charge in [0, 0.05) is 24.7 Å². The average molecular weight is 528 g/mol. The number of sulfonamides is 1. The Morgan fingerprint density at radius 2 is 1.91 bits per heavy atom. The summed E-state index contributed by atoms with van der Waals surface area (Å²) >= 11 is 6.87.